The molecule has 2 aromatic heterocycles. The molecule has 128 valence electrons. The van der Waals surface area contributed by atoms with E-state index >= 15 is 0 Å². The second kappa shape index (κ2) is 6.57. The van der Waals surface area contributed by atoms with Crippen molar-refractivity contribution in [2.75, 3.05) is 19.6 Å². The van der Waals surface area contributed by atoms with Crippen molar-refractivity contribution in [1.82, 2.24) is 35.6 Å². The molecule has 0 atom stereocenters. The van der Waals surface area contributed by atoms with Gasteiger partial charge in [-0.1, -0.05) is 11.6 Å². The van der Waals surface area contributed by atoms with Crippen molar-refractivity contribution in [2.45, 2.75) is 18.4 Å². The zero-order valence-electron chi connectivity index (χ0n) is 12.6. The van der Waals surface area contributed by atoms with E-state index in [9.17, 15) is 14.7 Å². The average Bonchev–Trinajstić information content (AvgIpc) is 3.19. The largest absolute Gasteiger partial charge is 0.384 e. The van der Waals surface area contributed by atoms with E-state index in [1.54, 1.807) is 0 Å². The predicted octanol–water partition coefficient (Wildman–Crippen LogP) is -0.883. The summed E-state index contributed by atoms with van der Waals surface area (Å²) in [6.07, 6.45) is 3.45. The van der Waals surface area contributed by atoms with Gasteiger partial charge in [-0.15, -0.1) is 0 Å². The van der Waals surface area contributed by atoms with Gasteiger partial charge in [0.1, 0.15) is 23.4 Å². The first-order valence-electron chi connectivity index (χ1n) is 7.28. The maximum Gasteiger partial charge on any atom is 0.270 e. The molecule has 0 aliphatic carbocycles. The minimum absolute atomic E-state index is 0.0209. The van der Waals surface area contributed by atoms with Crippen molar-refractivity contribution >= 4 is 23.4 Å². The first kappa shape index (κ1) is 16.4. The summed E-state index contributed by atoms with van der Waals surface area (Å²) in [6.45, 7) is 0.353. The third kappa shape index (κ3) is 3.54. The van der Waals surface area contributed by atoms with Crippen LogP contribution >= 0.6 is 11.6 Å². The number of halogens is 1. The first-order chi connectivity index (χ1) is 11.5. The first-order valence-corrected chi connectivity index (χ1v) is 7.66. The summed E-state index contributed by atoms with van der Waals surface area (Å²) in [6, 6.07) is 0. The molecule has 2 aromatic rings. The summed E-state index contributed by atoms with van der Waals surface area (Å²) in [5.41, 5.74) is -0.996. The molecule has 11 heteroatoms. The molecule has 0 unspecified atom stereocenters. The fourth-order valence-corrected chi connectivity index (χ4v) is 2.63. The smallest absolute Gasteiger partial charge is 0.270 e. The van der Waals surface area contributed by atoms with Gasteiger partial charge in [0.05, 0.1) is 30.9 Å². The van der Waals surface area contributed by atoms with Crippen LogP contribution in [-0.2, 0) is 11.2 Å². The van der Waals surface area contributed by atoms with Crippen LogP contribution in [0.15, 0.2) is 12.5 Å². The van der Waals surface area contributed by atoms with Crippen LogP contribution < -0.4 is 5.32 Å². The van der Waals surface area contributed by atoms with Crippen LogP contribution in [-0.4, -0.2) is 72.4 Å². The molecule has 0 saturated carbocycles. The molecule has 4 N–H and O–H groups in total. The van der Waals surface area contributed by atoms with Crippen LogP contribution in [0.3, 0.4) is 0 Å². The van der Waals surface area contributed by atoms with E-state index < -0.39 is 11.5 Å². The van der Waals surface area contributed by atoms with Gasteiger partial charge in [0.25, 0.3) is 5.91 Å². The SMILES string of the molecule is O=C(NCC1(O)CN(C(=O)CCc2ncn[nH]2)C1)c1[nH]ncc1Cl. The van der Waals surface area contributed by atoms with Gasteiger partial charge in [0.15, 0.2) is 0 Å². The summed E-state index contributed by atoms with van der Waals surface area (Å²) in [4.78, 5) is 29.4. The Kier molecular flexibility index (Phi) is 4.49. The summed E-state index contributed by atoms with van der Waals surface area (Å²) in [7, 11) is 0. The normalized spacial score (nSPS) is 15.8. The molecule has 1 saturated heterocycles. The highest BCUT2D eigenvalue weighted by atomic mass is 35.5. The second-order valence-electron chi connectivity index (χ2n) is 5.68. The van der Waals surface area contributed by atoms with E-state index in [1.807, 2.05) is 0 Å². The molecule has 2 amide bonds. The number of aliphatic hydroxyl groups is 1. The molecule has 10 nitrogen and oxygen atoms in total. The van der Waals surface area contributed by atoms with Gasteiger partial charge in [-0.2, -0.15) is 10.2 Å². The van der Waals surface area contributed by atoms with E-state index in [-0.39, 0.29) is 42.7 Å². The molecular weight excluding hydrogens is 338 g/mol. The molecular formula is C13H16ClN7O3. The summed E-state index contributed by atoms with van der Waals surface area (Å²) in [5, 5.41) is 25.6. The van der Waals surface area contributed by atoms with Gasteiger partial charge in [0, 0.05) is 12.8 Å². The number of nitrogens with one attached hydrogen (secondary N) is 3. The molecule has 3 heterocycles. The van der Waals surface area contributed by atoms with E-state index in [0.29, 0.717) is 12.2 Å². The second-order valence-corrected chi connectivity index (χ2v) is 6.09. The maximum atomic E-state index is 12.0. The van der Waals surface area contributed by atoms with E-state index in [4.69, 9.17) is 11.6 Å². The lowest BCUT2D eigenvalue weighted by Crippen LogP contribution is -2.67. The number of aromatic nitrogens is 5. The Morgan fingerprint density at radius 2 is 2.17 bits per heavy atom. The zero-order chi connectivity index (χ0) is 17.2. The van der Waals surface area contributed by atoms with Crippen LogP contribution in [0, 0.1) is 0 Å². The Labute approximate surface area is 141 Å². The Bertz CT molecular complexity index is 724. The van der Waals surface area contributed by atoms with Crippen molar-refractivity contribution in [3.63, 3.8) is 0 Å². The fourth-order valence-electron chi connectivity index (χ4n) is 2.45. The zero-order valence-corrected chi connectivity index (χ0v) is 13.4. The number of likely N-dealkylation sites (tertiary alicyclic amines) is 1. The van der Waals surface area contributed by atoms with Crippen LogP contribution in [0.5, 0.6) is 0 Å². The third-order valence-corrected chi connectivity index (χ3v) is 4.05. The summed E-state index contributed by atoms with van der Waals surface area (Å²) in [5.74, 6) is 0.0999. The Morgan fingerprint density at radius 3 is 2.79 bits per heavy atom. The van der Waals surface area contributed by atoms with Gasteiger partial charge < -0.3 is 15.3 Å². The average molecular weight is 354 g/mol. The van der Waals surface area contributed by atoms with Crippen molar-refractivity contribution in [3.8, 4) is 0 Å². The minimum atomic E-state index is -1.13. The number of carbonyl (C=O) groups is 2. The number of hydrogen-bond donors (Lipinski definition) is 4. The molecule has 1 aliphatic rings. The van der Waals surface area contributed by atoms with Crippen LogP contribution in [0.4, 0.5) is 0 Å². The van der Waals surface area contributed by atoms with Gasteiger partial charge in [-0.3, -0.25) is 19.8 Å². The molecule has 0 aromatic carbocycles. The number of aryl methyl sites for hydroxylation is 1. The van der Waals surface area contributed by atoms with Crippen molar-refractivity contribution in [3.05, 3.63) is 29.1 Å². The molecule has 0 bridgehead atoms. The lowest BCUT2D eigenvalue weighted by atomic mass is 9.93. The van der Waals surface area contributed by atoms with E-state index in [0.717, 1.165) is 0 Å². The third-order valence-electron chi connectivity index (χ3n) is 3.76. The summed E-state index contributed by atoms with van der Waals surface area (Å²) >= 11 is 5.79. The lowest BCUT2D eigenvalue weighted by Gasteiger charge is -2.46. The molecule has 3 rings (SSSR count). The summed E-state index contributed by atoms with van der Waals surface area (Å²) < 4.78 is 0. The highest BCUT2D eigenvalue weighted by Crippen LogP contribution is 2.21. The van der Waals surface area contributed by atoms with Gasteiger partial charge >= 0.3 is 0 Å². The van der Waals surface area contributed by atoms with E-state index in [1.165, 1.54) is 17.4 Å². The highest BCUT2D eigenvalue weighted by Gasteiger charge is 2.43. The fraction of sp³-hybridized carbons (Fsp3) is 0.462. The number of β-amino-alcohol motifs (C(OH)–C–C–N with tert-alkyl or cyclic N) is 1. The van der Waals surface area contributed by atoms with Crippen LogP contribution in [0.25, 0.3) is 0 Å². The number of hydrogen-bond acceptors (Lipinski definition) is 6. The molecule has 1 aliphatic heterocycles. The minimum Gasteiger partial charge on any atom is -0.384 e. The number of nitrogens with zero attached hydrogens (tertiary/aromatic N) is 4. The van der Waals surface area contributed by atoms with Crippen LogP contribution in [0.2, 0.25) is 5.02 Å². The van der Waals surface area contributed by atoms with Gasteiger partial charge in [-0.05, 0) is 0 Å². The molecule has 0 spiro atoms. The van der Waals surface area contributed by atoms with Gasteiger partial charge in [0.2, 0.25) is 5.91 Å². The lowest BCUT2D eigenvalue weighted by molar-refractivity contribution is -0.154. The number of aromatic amines is 2. The predicted molar refractivity (Wildman–Crippen MR) is 82.2 cm³/mol. The van der Waals surface area contributed by atoms with E-state index in [2.05, 4.69) is 30.7 Å². The monoisotopic (exact) mass is 353 g/mol. The Balaban J connectivity index is 1.42. The highest BCUT2D eigenvalue weighted by molar-refractivity contribution is 6.33. The quantitative estimate of drug-likeness (QED) is 0.531. The molecule has 0 radical (unpaired) electrons. The van der Waals surface area contributed by atoms with Crippen molar-refractivity contribution < 1.29 is 14.7 Å². The van der Waals surface area contributed by atoms with Crippen molar-refractivity contribution in [2.24, 2.45) is 0 Å². The standard InChI is InChI=1S/C13H16ClN7O3/c14-8-3-17-20-11(8)12(23)15-4-13(24)5-21(6-13)10(22)2-1-9-16-7-18-19-9/h3,7,24H,1-2,4-6H2,(H,15,23)(H,17,20)(H,16,18,19). The maximum absolute atomic E-state index is 12.0. The topological polar surface area (TPSA) is 140 Å². The van der Waals surface area contributed by atoms with Gasteiger partial charge in [-0.25, -0.2) is 4.98 Å². The molecule has 1 fully saturated rings. The Hall–Kier alpha value is -2.46. The Morgan fingerprint density at radius 1 is 1.38 bits per heavy atom. The molecule has 24 heavy (non-hydrogen) atoms. The number of carbonyl (C=O) groups excluding carboxylic acids is 2. The number of rotatable bonds is 6. The number of amides is 2. The van der Waals surface area contributed by atoms with Crippen LogP contribution in [0.1, 0.15) is 22.7 Å². The van der Waals surface area contributed by atoms with Crippen molar-refractivity contribution in [1.29, 1.82) is 0 Å². The number of H-pyrrole nitrogens is 2.